The molecule has 0 unspecified atom stereocenters. The normalized spacial score (nSPS) is 11.5. The maximum atomic E-state index is 10.00. The average molecular weight is 477 g/mol. The molecule has 0 N–H and O–H groups in total. The smallest absolute Gasteiger partial charge is 0.135 e. The van der Waals surface area contributed by atoms with Crippen LogP contribution in [0.5, 0.6) is 5.75 Å². The molecule has 0 atom stereocenters. The van der Waals surface area contributed by atoms with Crippen molar-refractivity contribution in [1.29, 1.82) is 5.26 Å². The highest BCUT2D eigenvalue weighted by molar-refractivity contribution is 7.19. The predicted octanol–water partition coefficient (Wildman–Crippen LogP) is 7.39. The van der Waals surface area contributed by atoms with E-state index in [1.807, 2.05) is 95.8 Å². The summed E-state index contributed by atoms with van der Waals surface area (Å²) in [6, 6.07) is 28.2. The van der Waals surface area contributed by atoms with Gasteiger partial charge in [-0.15, -0.1) is 11.3 Å². The first kappa shape index (κ1) is 22.6. The second kappa shape index (κ2) is 10.4. The van der Waals surface area contributed by atoms with Gasteiger partial charge in [0, 0.05) is 17.3 Å². The zero-order valence-corrected chi connectivity index (χ0v) is 20.2. The molecule has 5 nitrogen and oxygen atoms in total. The molecule has 0 bridgehead atoms. The summed E-state index contributed by atoms with van der Waals surface area (Å²) in [5.41, 5.74) is 4.96. The van der Waals surface area contributed by atoms with Crippen LogP contribution in [0.25, 0.3) is 38.8 Å². The van der Waals surface area contributed by atoms with Crippen LogP contribution in [0.15, 0.2) is 85.1 Å². The number of thiazole rings is 1. The molecular weight excluding hydrogens is 452 g/mol. The Hall–Kier alpha value is -4.21. The second-order valence-corrected chi connectivity index (χ2v) is 9.13. The Morgan fingerprint density at radius 2 is 1.80 bits per heavy atom. The van der Waals surface area contributed by atoms with Crippen LogP contribution in [0.2, 0.25) is 0 Å². The van der Waals surface area contributed by atoms with Crippen LogP contribution in [0.1, 0.15) is 30.3 Å². The summed E-state index contributed by atoms with van der Waals surface area (Å²) in [6.07, 6.45) is 5.97. The number of hydrogen-bond acceptors (Lipinski definition) is 5. The summed E-state index contributed by atoms with van der Waals surface area (Å²) in [6.45, 7) is 2.86. The summed E-state index contributed by atoms with van der Waals surface area (Å²) in [7, 11) is 0. The second-order valence-electron chi connectivity index (χ2n) is 8.10. The molecular formula is C29H24N4OS. The van der Waals surface area contributed by atoms with Crippen LogP contribution in [0.4, 0.5) is 0 Å². The number of unbranched alkanes of at least 4 members (excludes halogenated alkanes) is 1. The monoisotopic (exact) mass is 476 g/mol. The Balaban J connectivity index is 1.56. The summed E-state index contributed by atoms with van der Waals surface area (Å²) in [5.74, 6) is 0.842. The van der Waals surface area contributed by atoms with E-state index in [-0.39, 0.29) is 0 Å². The van der Waals surface area contributed by atoms with Crippen molar-refractivity contribution in [2.75, 3.05) is 6.61 Å². The molecule has 0 amide bonds. The van der Waals surface area contributed by atoms with Gasteiger partial charge in [0.05, 0.1) is 33.8 Å². The number of fused-ring (bicyclic) bond motifs is 1. The molecule has 5 aromatic rings. The minimum Gasteiger partial charge on any atom is -0.494 e. The summed E-state index contributed by atoms with van der Waals surface area (Å²) in [4.78, 5) is 4.68. The van der Waals surface area contributed by atoms with Gasteiger partial charge in [-0.3, -0.25) is 0 Å². The van der Waals surface area contributed by atoms with Gasteiger partial charge < -0.3 is 4.74 Å². The third kappa shape index (κ3) is 5.01. The lowest BCUT2D eigenvalue weighted by atomic mass is 10.1. The van der Waals surface area contributed by atoms with Crippen molar-refractivity contribution in [3.05, 3.63) is 95.6 Å². The SMILES string of the molecule is CCCCOc1ccc(-c2nn(-c3ccccc3)cc2C=C(C#N)c2nc3ccccc3s2)cc1. The largest absolute Gasteiger partial charge is 0.494 e. The number of aromatic nitrogens is 3. The van der Waals surface area contributed by atoms with E-state index in [9.17, 15) is 5.26 Å². The van der Waals surface area contributed by atoms with Crippen LogP contribution in [0, 0.1) is 11.3 Å². The number of hydrogen-bond donors (Lipinski definition) is 0. The molecule has 0 saturated carbocycles. The molecule has 2 heterocycles. The van der Waals surface area contributed by atoms with Crippen molar-refractivity contribution in [1.82, 2.24) is 14.8 Å². The van der Waals surface area contributed by atoms with Crippen LogP contribution in [-0.4, -0.2) is 21.4 Å². The summed E-state index contributed by atoms with van der Waals surface area (Å²) < 4.78 is 8.73. The lowest BCUT2D eigenvalue weighted by Gasteiger charge is -2.06. The van der Waals surface area contributed by atoms with E-state index in [0.717, 1.165) is 51.3 Å². The average Bonchev–Trinajstić information content (AvgIpc) is 3.53. The third-order valence-corrected chi connectivity index (χ3v) is 6.67. The number of rotatable bonds is 8. The van der Waals surface area contributed by atoms with Crippen molar-refractivity contribution < 1.29 is 4.74 Å². The topological polar surface area (TPSA) is 63.7 Å². The molecule has 0 spiro atoms. The lowest BCUT2D eigenvalue weighted by molar-refractivity contribution is 0.309. The van der Waals surface area contributed by atoms with Gasteiger partial charge >= 0.3 is 0 Å². The van der Waals surface area contributed by atoms with Crippen LogP contribution in [-0.2, 0) is 0 Å². The number of allylic oxidation sites excluding steroid dienone is 1. The Morgan fingerprint density at radius 3 is 2.54 bits per heavy atom. The summed E-state index contributed by atoms with van der Waals surface area (Å²) >= 11 is 1.52. The Labute approximate surface area is 208 Å². The van der Waals surface area contributed by atoms with E-state index in [1.54, 1.807) is 0 Å². The first-order chi connectivity index (χ1) is 17.2. The highest BCUT2D eigenvalue weighted by Gasteiger charge is 2.15. The van der Waals surface area contributed by atoms with Crippen LogP contribution >= 0.6 is 11.3 Å². The van der Waals surface area contributed by atoms with E-state index in [1.165, 1.54) is 11.3 Å². The van der Waals surface area contributed by atoms with Crippen molar-refractivity contribution in [3.8, 4) is 28.8 Å². The number of nitriles is 1. The molecule has 172 valence electrons. The van der Waals surface area contributed by atoms with Crippen molar-refractivity contribution >= 4 is 33.2 Å². The van der Waals surface area contributed by atoms with Gasteiger partial charge in [0.15, 0.2) is 0 Å². The number of ether oxygens (including phenoxy) is 1. The molecule has 6 heteroatoms. The third-order valence-electron chi connectivity index (χ3n) is 5.60. The van der Waals surface area contributed by atoms with Crippen molar-refractivity contribution in [2.24, 2.45) is 0 Å². The molecule has 35 heavy (non-hydrogen) atoms. The fourth-order valence-corrected chi connectivity index (χ4v) is 4.69. The van der Waals surface area contributed by atoms with Gasteiger partial charge in [0.25, 0.3) is 0 Å². The molecule has 2 aromatic heterocycles. The molecule has 0 aliphatic carbocycles. The van der Waals surface area contributed by atoms with Gasteiger partial charge in [0.2, 0.25) is 0 Å². The first-order valence-corrected chi connectivity index (χ1v) is 12.4. The highest BCUT2D eigenvalue weighted by Crippen LogP contribution is 2.32. The molecule has 0 aliphatic rings. The highest BCUT2D eigenvalue weighted by atomic mass is 32.1. The molecule has 3 aromatic carbocycles. The van der Waals surface area contributed by atoms with Gasteiger partial charge in [0.1, 0.15) is 16.8 Å². The Morgan fingerprint density at radius 1 is 1.03 bits per heavy atom. The molecule has 0 aliphatic heterocycles. The Kier molecular flexibility index (Phi) is 6.69. The molecule has 5 rings (SSSR count). The standard InChI is InChI=1S/C29H24N4OS/c1-2-3-17-34-25-15-13-21(14-16-25)28-23(20-33(32-28)24-9-5-4-6-10-24)18-22(19-30)29-31-26-11-7-8-12-27(26)35-29/h4-16,18,20H,2-3,17H2,1H3. The van der Waals surface area contributed by atoms with E-state index in [4.69, 9.17) is 9.84 Å². The van der Waals surface area contributed by atoms with Gasteiger partial charge in [-0.05, 0) is 61.0 Å². The maximum Gasteiger partial charge on any atom is 0.135 e. The molecule has 0 fully saturated rings. The van der Waals surface area contributed by atoms with E-state index in [2.05, 4.69) is 18.0 Å². The number of nitrogens with zero attached hydrogens (tertiary/aromatic N) is 4. The maximum absolute atomic E-state index is 10.00. The van der Waals surface area contributed by atoms with Gasteiger partial charge in [-0.1, -0.05) is 43.7 Å². The minimum absolute atomic E-state index is 0.514. The fraction of sp³-hybridized carbons (Fsp3) is 0.138. The van der Waals surface area contributed by atoms with Crippen molar-refractivity contribution in [3.63, 3.8) is 0 Å². The number of para-hydroxylation sites is 2. The minimum atomic E-state index is 0.514. The zero-order valence-electron chi connectivity index (χ0n) is 19.4. The fourth-order valence-electron chi connectivity index (χ4n) is 3.76. The van der Waals surface area contributed by atoms with Crippen LogP contribution in [0.3, 0.4) is 0 Å². The van der Waals surface area contributed by atoms with E-state index < -0.39 is 0 Å². The van der Waals surface area contributed by atoms with Gasteiger partial charge in [-0.2, -0.15) is 10.4 Å². The molecule has 0 saturated heterocycles. The van der Waals surface area contributed by atoms with Crippen LogP contribution < -0.4 is 4.74 Å². The van der Waals surface area contributed by atoms with E-state index in [0.29, 0.717) is 17.2 Å². The quantitative estimate of drug-likeness (QED) is 0.173. The van der Waals surface area contributed by atoms with Crippen molar-refractivity contribution in [2.45, 2.75) is 19.8 Å². The number of benzene rings is 3. The Bertz CT molecular complexity index is 1480. The predicted molar refractivity (Wildman–Crippen MR) is 143 cm³/mol. The zero-order chi connectivity index (χ0) is 24.0. The van der Waals surface area contributed by atoms with Gasteiger partial charge in [-0.25, -0.2) is 9.67 Å². The molecule has 0 radical (unpaired) electrons. The summed E-state index contributed by atoms with van der Waals surface area (Å²) in [5, 5.41) is 15.6. The van der Waals surface area contributed by atoms with E-state index >= 15 is 0 Å². The first-order valence-electron chi connectivity index (χ1n) is 11.6. The lowest BCUT2D eigenvalue weighted by Crippen LogP contribution is -1.96.